The van der Waals surface area contributed by atoms with Crippen LogP contribution in [0.4, 0.5) is 33.5 Å². The van der Waals surface area contributed by atoms with Gasteiger partial charge in [0.2, 0.25) is 0 Å². The van der Waals surface area contributed by atoms with Crippen LogP contribution in [0.5, 0.6) is 5.75 Å². The molecule has 13 heteroatoms. The number of hydrogen-bond donors (Lipinski definition) is 1. The van der Waals surface area contributed by atoms with Crippen molar-refractivity contribution in [3.05, 3.63) is 89.9 Å². The summed E-state index contributed by atoms with van der Waals surface area (Å²) in [6.07, 6.45) is 0.531. The summed E-state index contributed by atoms with van der Waals surface area (Å²) in [5.41, 5.74) is 2.32. The zero-order valence-electron chi connectivity index (χ0n) is 22.9. The van der Waals surface area contributed by atoms with Crippen molar-refractivity contribution < 1.29 is 26.7 Å². The normalized spacial score (nSPS) is 14.8. The maximum atomic E-state index is 14.9. The number of hydrogen-bond acceptors (Lipinski definition) is 7. The molecule has 1 N–H and O–H groups in total. The van der Waals surface area contributed by atoms with Gasteiger partial charge in [-0.3, -0.25) is 9.67 Å². The van der Waals surface area contributed by atoms with E-state index in [-0.39, 0.29) is 42.8 Å². The molecule has 6 rings (SSSR count). The van der Waals surface area contributed by atoms with E-state index in [4.69, 9.17) is 9.72 Å². The van der Waals surface area contributed by atoms with Crippen molar-refractivity contribution >= 4 is 22.4 Å². The topological polar surface area (TPSA) is 81.0 Å². The highest BCUT2D eigenvalue weighted by atomic mass is 19.4. The quantitative estimate of drug-likeness (QED) is 0.209. The summed E-state index contributed by atoms with van der Waals surface area (Å²) >= 11 is 0. The van der Waals surface area contributed by atoms with E-state index in [1.54, 1.807) is 49.8 Å². The Balaban J connectivity index is 1.38. The van der Waals surface area contributed by atoms with Crippen LogP contribution >= 0.6 is 0 Å². The minimum atomic E-state index is -4.33. The lowest BCUT2D eigenvalue weighted by Gasteiger charge is -2.19. The Labute approximate surface area is 243 Å². The Morgan fingerprint density at radius 1 is 1.05 bits per heavy atom. The number of ether oxygens (including phenoxy) is 1. The van der Waals surface area contributed by atoms with Gasteiger partial charge in [0.15, 0.2) is 5.82 Å². The number of fused-ring (bicyclic) bond motifs is 2. The molecular weight excluding hydrogens is 569 g/mol. The molecule has 0 fully saturated rings. The zero-order valence-corrected chi connectivity index (χ0v) is 22.9. The van der Waals surface area contributed by atoms with E-state index < -0.39 is 24.4 Å². The monoisotopic (exact) mass is 595 g/mol. The Morgan fingerprint density at radius 2 is 1.79 bits per heavy atom. The first-order valence-electron chi connectivity index (χ1n) is 13.6. The molecule has 0 amide bonds. The van der Waals surface area contributed by atoms with Crippen molar-refractivity contribution in [2.45, 2.75) is 25.6 Å². The second-order valence-electron chi connectivity index (χ2n) is 10.1. The fourth-order valence-corrected chi connectivity index (χ4v) is 5.26. The second kappa shape index (κ2) is 11.6. The van der Waals surface area contributed by atoms with E-state index in [0.717, 1.165) is 17.8 Å². The van der Waals surface area contributed by atoms with Gasteiger partial charge in [-0.05, 0) is 25.1 Å². The van der Waals surface area contributed by atoms with E-state index in [1.165, 1.54) is 4.68 Å². The Bertz CT molecular complexity index is 1740. The summed E-state index contributed by atoms with van der Waals surface area (Å²) in [5.74, 6) is -0.904. The Morgan fingerprint density at radius 3 is 2.51 bits per heavy atom. The average Bonchev–Trinajstić information content (AvgIpc) is 3.53. The number of pyridine rings is 1. The van der Waals surface area contributed by atoms with Gasteiger partial charge in [0.25, 0.3) is 0 Å². The standard InChI is InChI=1S/C30H26F5N7O/c1-2-43-20-11-24(31)23(25(32)12-20)16-42-26-6-4-3-5-21(26)27(40-42)28-38-14-22-18(13-37-17-30(33,34)35)15-41(29(22)39-28)19-7-9-36-10-8-19/h3-12,14,18,37H,2,13,15-17H2,1H3. The SMILES string of the molecule is CCOc1cc(F)c(Cn2nc(-c3ncc4c(n3)N(c3ccncc3)CC4CNCC(F)(F)F)c3ccccc32)c(F)c1. The van der Waals surface area contributed by atoms with Crippen LogP contribution < -0.4 is 15.0 Å². The van der Waals surface area contributed by atoms with Gasteiger partial charge in [-0.15, -0.1) is 0 Å². The van der Waals surface area contributed by atoms with Crippen molar-refractivity contribution in [3.63, 3.8) is 0 Å². The first-order valence-corrected chi connectivity index (χ1v) is 13.6. The van der Waals surface area contributed by atoms with Crippen LogP contribution in [0.3, 0.4) is 0 Å². The molecule has 0 radical (unpaired) electrons. The number of anilines is 2. The lowest BCUT2D eigenvalue weighted by atomic mass is 10.0. The third-order valence-corrected chi connectivity index (χ3v) is 7.19. The predicted octanol–water partition coefficient (Wildman–Crippen LogP) is 6.00. The van der Waals surface area contributed by atoms with E-state index in [0.29, 0.717) is 34.5 Å². The van der Waals surface area contributed by atoms with Gasteiger partial charge in [-0.2, -0.15) is 18.3 Å². The third-order valence-electron chi connectivity index (χ3n) is 7.19. The molecule has 1 aliphatic rings. The number of benzene rings is 2. The summed E-state index contributed by atoms with van der Waals surface area (Å²) < 4.78 is 75.0. The summed E-state index contributed by atoms with van der Waals surface area (Å²) in [7, 11) is 0. The molecule has 0 spiro atoms. The van der Waals surface area contributed by atoms with Crippen LogP contribution in [0.2, 0.25) is 0 Å². The van der Waals surface area contributed by atoms with Crippen LogP contribution in [0.1, 0.15) is 24.0 Å². The van der Waals surface area contributed by atoms with Crippen LogP contribution in [0.15, 0.2) is 67.1 Å². The van der Waals surface area contributed by atoms with Gasteiger partial charge >= 0.3 is 6.18 Å². The smallest absolute Gasteiger partial charge is 0.401 e. The van der Waals surface area contributed by atoms with Crippen LogP contribution in [-0.4, -0.2) is 57.1 Å². The summed E-state index contributed by atoms with van der Waals surface area (Å²) in [6.45, 7) is 1.16. The van der Waals surface area contributed by atoms with E-state index in [2.05, 4.69) is 20.4 Å². The summed E-state index contributed by atoms with van der Waals surface area (Å²) in [6, 6.07) is 13.1. The second-order valence-corrected chi connectivity index (χ2v) is 10.1. The fraction of sp³-hybridized carbons (Fsp3) is 0.267. The fourth-order valence-electron chi connectivity index (χ4n) is 5.26. The molecular formula is C30H26F5N7O. The Hall–Kier alpha value is -4.65. The number of halogens is 5. The van der Waals surface area contributed by atoms with Crippen LogP contribution in [0, 0.1) is 11.6 Å². The first-order chi connectivity index (χ1) is 20.7. The number of rotatable bonds is 9. The molecule has 0 bridgehead atoms. The molecule has 4 heterocycles. The van der Waals surface area contributed by atoms with Gasteiger partial charge in [-0.1, -0.05) is 18.2 Å². The van der Waals surface area contributed by atoms with E-state index in [1.807, 2.05) is 17.0 Å². The van der Waals surface area contributed by atoms with Gasteiger partial charge in [0.05, 0.1) is 25.2 Å². The molecule has 1 aliphatic heterocycles. The minimum absolute atomic E-state index is 0.0770. The van der Waals surface area contributed by atoms with Crippen molar-refractivity contribution in [1.29, 1.82) is 0 Å². The molecule has 0 aliphatic carbocycles. The third kappa shape index (κ3) is 5.85. The predicted molar refractivity (Wildman–Crippen MR) is 150 cm³/mol. The maximum absolute atomic E-state index is 14.9. The van der Waals surface area contributed by atoms with Gasteiger partial charge < -0.3 is 15.0 Å². The van der Waals surface area contributed by atoms with E-state index in [9.17, 15) is 22.0 Å². The number of para-hydroxylation sites is 1. The van der Waals surface area contributed by atoms with Crippen molar-refractivity contribution in [2.24, 2.45) is 0 Å². The Kier molecular flexibility index (Phi) is 7.65. The molecule has 0 saturated carbocycles. The lowest BCUT2D eigenvalue weighted by molar-refractivity contribution is -0.124. The zero-order chi connectivity index (χ0) is 30.1. The van der Waals surface area contributed by atoms with E-state index >= 15 is 0 Å². The molecule has 43 heavy (non-hydrogen) atoms. The highest BCUT2D eigenvalue weighted by Gasteiger charge is 2.34. The van der Waals surface area contributed by atoms with Gasteiger partial charge in [-0.25, -0.2) is 18.7 Å². The number of nitrogens with zero attached hydrogens (tertiary/aromatic N) is 6. The number of nitrogens with one attached hydrogen (secondary N) is 1. The minimum Gasteiger partial charge on any atom is -0.494 e. The highest BCUT2D eigenvalue weighted by Crippen LogP contribution is 2.40. The molecule has 0 saturated heterocycles. The lowest BCUT2D eigenvalue weighted by Crippen LogP contribution is -2.33. The summed E-state index contributed by atoms with van der Waals surface area (Å²) in [4.78, 5) is 15.4. The molecule has 8 nitrogen and oxygen atoms in total. The van der Waals surface area contributed by atoms with Crippen molar-refractivity contribution in [2.75, 3.05) is 31.1 Å². The molecule has 5 aromatic rings. The molecule has 1 atom stereocenters. The largest absolute Gasteiger partial charge is 0.494 e. The van der Waals surface area contributed by atoms with Crippen molar-refractivity contribution in [1.82, 2.24) is 30.0 Å². The first kappa shape index (κ1) is 28.5. The van der Waals surface area contributed by atoms with Gasteiger partial charge in [0.1, 0.15) is 28.9 Å². The number of alkyl halides is 3. The highest BCUT2D eigenvalue weighted by molar-refractivity contribution is 5.92. The number of aromatic nitrogens is 5. The van der Waals surface area contributed by atoms with Crippen LogP contribution in [-0.2, 0) is 6.54 Å². The molecule has 1 unspecified atom stereocenters. The van der Waals surface area contributed by atoms with Crippen molar-refractivity contribution in [3.8, 4) is 17.3 Å². The average molecular weight is 596 g/mol. The molecule has 2 aromatic carbocycles. The summed E-state index contributed by atoms with van der Waals surface area (Å²) in [5, 5.41) is 7.84. The molecule has 222 valence electrons. The molecule has 3 aromatic heterocycles. The van der Waals surface area contributed by atoms with Crippen LogP contribution in [0.25, 0.3) is 22.4 Å². The van der Waals surface area contributed by atoms with Gasteiger partial charge in [0, 0.05) is 71.9 Å². The maximum Gasteiger partial charge on any atom is 0.401 e.